The molecule has 1 heteroatoms. The Morgan fingerprint density at radius 3 is 2.00 bits per heavy atom. The minimum atomic E-state index is 0.492. The predicted molar refractivity (Wildman–Crippen MR) is 68.0 cm³/mol. The Balaban J connectivity index is 2.18. The van der Waals surface area contributed by atoms with Gasteiger partial charge in [-0.25, -0.2) is 0 Å². The van der Waals surface area contributed by atoms with E-state index in [4.69, 9.17) is 4.74 Å². The lowest BCUT2D eigenvalue weighted by atomic mass is 9.91. The van der Waals surface area contributed by atoms with E-state index in [1.807, 2.05) is 0 Å². The van der Waals surface area contributed by atoms with Gasteiger partial charge >= 0.3 is 0 Å². The van der Waals surface area contributed by atoms with Gasteiger partial charge in [-0.15, -0.1) is 0 Å². The van der Waals surface area contributed by atoms with Crippen LogP contribution >= 0.6 is 0 Å². The van der Waals surface area contributed by atoms with Gasteiger partial charge in [0.05, 0.1) is 12.2 Å². The normalized spacial score (nSPS) is 23.6. The Labute approximate surface area is 98.8 Å². The number of ether oxygens (including phenoxy) is 1. The second-order valence-corrected chi connectivity index (χ2v) is 5.16. The van der Waals surface area contributed by atoms with Crippen molar-refractivity contribution in [3.05, 3.63) is 33.9 Å². The molecule has 0 spiro atoms. The Bertz CT molecular complexity index is 380. The molecule has 1 aliphatic heterocycles. The predicted octanol–water partition coefficient (Wildman–Crippen LogP) is 3.64. The van der Waals surface area contributed by atoms with Gasteiger partial charge in [0.1, 0.15) is 0 Å². The highest BCUT2D eigenvalue weighted by Crippen LogP contribution is 2.29. The molecule has 2 atom stereocenters. The molecule has 0 bridgehead atoms. The second-order valence-electron chi connectivity index (χ2n) is 5.16. The van der Waals surface area contributed by atoms with Gasteiger partial charge in [0, 0.05) is 0 Å². The molecule has 1 aromatic rings. The standard InChI is InChI=1S/C15H22O/c1-9-8-10(2)12(4)14(11(9)3)6-7-15-13(5)16-15/h8,13,15H,6-7H2,1-5H3. The van der Waals surface area contributed by atoms with Crippen molar-refractivity contribution in [1.82, 2.24) is 0 Å². The summed E-state index contributed by atoms with van der Waals surface area (Å²) in [6.07, 6.45) is 3.34. The van der Waals surface area contributed by atoms with Gasteiger partial charge in [-0.2, -0.15) is 0 Å². The molecule has 1 fully saturated rings. The summed E-state index contributed by atoms with van der Waals surface area (Å²) < 4.78 is 5.48. The summed E-state index contributed by atoms with van der Waals surface area (Å²) in [5.41, 5.74) is 7.32. The molecule has 1 saturated heterocycles. The van der Waals surface area contributed by atoms with Crippen molar-refractivity contribution in [2.75, 3.05) is 0 Å². The van der Waals surface area contributed by atoms with E-state index in [-0.39, 0.29) is 0 Å². The Morgan fingerprint density at radius 1 is 1.06 bits per heavy atom. The average molecular weight is 218 g/mol. The number of rotatable bonds is 3. The molecule has 1 aliphatic rings. The Morgan fingerprint density at radius 2 is 1.56 bits per heavy atom. The smallest absolute Gasteiger partial charge is 0.0842 e. The quantitative estimate of drug-likeness (QED) is 0.706. The van der Waals surface area contributed by atoms with E-state index in [1.54, 1.807) is 5.56 Å². The van der Waals surface area contributed by atoms with Gasteiger partial charge in [0.15, 0.2) is 0 Å². The van der Waals surface area contributed by atoms with Gasteiger partial charge in [0.25, 0.3) is 0 Å². The van der Waals surface area contributed by atoms with E-state index in [0.29, 0.717) is 12.2 Å². The zero-order chi connectivity index (χ0) is 11.9. The number of aryl methyl sites for hydroxylation is 2. The van der Waals surface area contributed by atoms with Crippen LogP contribution in [-0.4, -0.2) is 12.2 Å². The van der Waals surface area contributed by atoms with Crippen LogP contribution in [-0.2, 0) is 11.2 Å². The summed E-state index contributed by atoms with van der Waals surface area (Å²) >= 11 is 0. The maximum atomic E-state index is 5.48. The second kappa shape index (κ2) is 4.21. The van der Waals surface area contributed by atoms with Crippen LogP contribution in [0.15, 0.2) is 6.07 Å². The lowest BCUT2D eigenvalue weighted by Crippen LogP contribution is -2.02. The van der Waals surface area contributed by atoms with Crippen LogP contribution in [0.25, 0.3) is 0 Å². The molecular formula is C15H22O. The van der Waals surface area contributed by atoms with Crippen LogP contribution in [0, 0.1) is 27.7 Å². The molecule has 2 unspecified atom stereocenters. The molecule has 0 aliphatic carbocycles. The molecule has 0 saturated carbocycles. The zero-order valence-electron chi connectivity index (χ0n) is 11.1. The van der Waals surface area contributed by atoms with Crippen LogP contribution in [0.1, 0.15) is 41.2 Å². The van der Waals surface area contributed by atoms with Crippen molar-refractivity contribution in [3.8, 4) is 0 Å². The highest BCUT2D eigenvalue weighted by Gasteiger charge is 2.33. The number of benzene rings is 1. The van der Waals surface area contributed by atoms with Crippen LogP contribution in [0.4, 0.5) is 0 Å². The Hall–Kier alpha value is -0.820. The van der Waals surface area contributed by atoms with E-state index in [9.17, 15) is 0 Å². The van der Waals surface area contributed by atoms with Gasteiger partial charge in [-0.05, 0) is 75.3 Å². The third-order valence-corrected chi connectivity index (χ3v) is 4.04. The number of hydrogen-bond acceptors (Lipinski definition) is 1. The lowest BCUT2D eigenvalue weighted by molar-refractivity contribution is 0.370. The first-order chi connectivity index (χ1) is 7.50. The first-order valence-electron chi connectivity index (χ1n) is 6.22. The molecule has 0 N–H and O–H groups in total. The van der Waals surface area contributed by atoms with Crippen molar-refractivity contribution in [1.29, 1.82) is 0 Å². The summed E-state index contributed by atoms with van der Waals surface area (Å²) in [7, 11) is 0. The van der Waals surface area contributed by atoms with Crippen molar-refractivity contribution < 1.29 is 4.74 Å². The SMILES string of the molecule is Cc1cc(C)c(C)c(CCC2OC2C)c1C. The van der Waals surface area contributed by atoms with Crippen molar-refractivity contribution in [3.63, 3.8) is 0 Å². The molecule has 1 heterocycles. The fourth-order valence-corrected chi connectivity index (χ4v) is 2.49. The van der Waals surface area contributed by atoms with Crippen LogP contribution < -0.4 is 0 Å². The molecule has 16 heavy (non-hydrogen) atoms. The summed E-state index contributed by atoms with van der Waals surface area (Å²) in [4.78, 5) is 0. The van der Waals surface area contributed by atoms with Crippen LogP contribution in [0.3, 0.4) is 0 Å². The zero-order valence-corrected chi connectivity index (χ0v) is 11.1. The molecule has 0 amide bonds. The minimum Gasteiger partial charge on any atom is -0.370 e. The number of hydrogen-bond donors (Lipinski definition) is 0. The van der Waals surface area contributed by atoms with Gasteiger partial charge in [0.2, 0.25) is 0 Å². The van der Waals surface area contributed by atoms with Crippen LogP contribution in [0.5, 0.6) is 0 Å². The van der Waals surface area contributed by atoms with E-state index in [0.717, 1.165) is 6.42 Å². The third kappa shape index (κ3) is 2.15. The summed E-state index contributed by atoms with van der Waals surface area (Å²) in [6.45, 7) is 11.1. The van der Waals surface area contributed by atoms with Crippen molar-refractivity contribution in [2.24, 2.45) is 0 Å². The van der Waals surface area contributed by atoms with Gasteiger partial charge < -0.3 is 4.74 Å². The fraction of sp³-hybridized carbons (Fsp3) is 0.600. The topological polar surface area (TPSA) is 12.5 Å². The molecule has 1 aromatic carbocycles. The van der Waals surface area contributed by atoms with Gasteiger partial charge in [-0.1, -0.05) is 6.07 Å². The summed E-state index contributed by atoms with van der Waals surface area (Å²) in [5, 5.41) is 0. The van der Waals surface area contributed by atoms with Gasteiger partial charge in [-0.3, -0.25) is 0 Å². The average Bonchev–Trinajstić information content (AvgIpc) is 2.92. The summed E-state index contributed by atoms with van der Waals surface area (Å²) in [6, 6.07) is 2.30. The van der Waals surface area contributed by atoms with E-state index in [2.05, 4.69) is 40.7 Å². The monoisotopic (exact) mass is 218 g/mol. The minimum absolute atomic E-state index is 0.492. The highest BCUT2D eigenvalue weighted by molar-refractivity contribution is 5.44. The number of epoxide rings is 1. The fourth-order valence-electron chi connectivity index (χ4n) is 2.49. The largest absolute Gasteiger partial charge is 0.370 e. The highest BCUT2D eigenvalue weighted by atomic mass is 16.6. The summed E-state index contributed by atoms with van der Waals surface area (Å²) in [5.74, 6) is 0. The van der Waals surface area contributed by atoms with Crippen molar-refractivity contribution >= 4 is 0 Å². The Kier molecular flexibility index (Phi) is 3.07. The van der Waals surface area contributed by atoms with Crippen LogP contribution in [0.2, 0.25) is 0 Å². The van der Waals surface area contributed by atoms with E-state index < -0.39 is 0 Å². The third-order valence-electron chi connectivity index (χ3n) is 4.04. The molecule has 1 nitrogen and oxygen atoms in total. The molecule has 0 radical (unpaired) electrons. The van der Waals surface area contributed by atoms with Crippen molar-refractivity contribution in [2.45, 2.75) is 59.7 Å². The molecule has 88 valence electrons. The molecule has 0 aromatic heterocycles. The lowest BCUT2D eigenvalue weighted by Gasteiger charge is -2.14. The maximum absolute atomic E-state index is 5.48. The first-order valence-corrected chi connectivity index (χ1v) is 6.22. The maximum Gasteiger partial charge on any atom is 0.0842 e. The molecular weight excluding hydrogens is 196 g/mol. The van der Waals surface area contributed by atoms with E-state index >= 15 is 0 Å². The van der Waals surface area contributed by atoms with E-state index in [1.165, 1.54) is 28.7 Å². The first kappa shape index (κ1) is 11.7. The molecule has 2 rings (SSSR count).